The van der Waals surface area contributed by atoms with Gasteiger partial charge in [0.15, 0.2) is 5.13 Å². The summed E-state index contributed by atoms with van der Waals surface area (Å²) in [5.41, 5.74) is 2.03. The van der Waals surface area contributed by atoms with E-state index in [2.05, 4.69) is 31.7 Å². The van der Waals surface area contributed by atoms with E-state index in [4.69, 9.17) is 11.6 Å². The topological polar surface area (TPSA) is 131 Å². The van der Waals surface area contributed by atoms with E-state index in [1.54, 1.807) is 43.6 Å². The molecule has 37 heavy (non-hydrogen) atoms. The maximum Gasteiger partial charge on any atom is 0.359 e. The highest BCUT2D eigenvalue weighted by Crippen LogP contribution is 2.29. The molecular weight excluding hydrogens is 512 g/mol. The van der Waals surface area contributed by atoms with Crippen LogP contribution in [0.25, 0.3) is 15.9 Å². The van der Waals surface area contributed by atoms with Crippen LogP contribution in [0.4, 0.5) is 16.8 Å². The lowest BCUT2D eigenvalue weighted by molar-refractivity contribution is 0.657. The van der Waals surface area contributed by atoms with E-state index in [0.29, 0.717) is 27.5 Å². The summed E-state index contributed by atoms with van der Waals surface area (Å²) >= 11 is 7.87. The number of thiazole rings is 1. The SMILES string of the molecule is CNc1nc2ccc(Nc3nc(=O)n(-c4cncc(C)c4)c(=O)n3Cc3cc(C#N)ccc3Cl)cc2s1. The van der Waals surface area contributed by atoms with Crippen LogP contribution in [0.2, 0.25) is 5.02 Å². The molecule has 0 aliphatic heterocycles. The van der Waals surface area contributed by atoms with Gasteiger partial charge in [0.25, 0.3) is 0 Å². The second kappa shape index (κ2) is 9.85. The maximum absolute atomic E-state index is 13.7. The van der Waals surface area contributed by atoms with Gasteiger partial charge in [-0.25, -0.2) is 19.1 Å². The van der Waals surface area contributed by atoms with Crippen LogP contribution in [0.3, 0.4) is 0 Å². The number of rotatable bonds is 6. The van der Waals surface area contributed by atoms with Crippen LogP contribution < -0.4 is 22.0 Å². The maximum atomic E-state index is 13.7. The quantitative estimate of drug-likeness (QED) is 0.336. The average molecular weight is 531 g/mol. The Bertz CT molecular complexity index is 1820. The van der Waals surface area contributed by atoms with Gasteiger partial charge in [0.2, 0.25) is 5.95 Å². The first-order chi connectivity index (χ1) is 17.9. The number of benzene rings is 2. The van der Waals surface area contributed by atoms with Crippen molar-refractivity contribution in [2.24, 2.45) is 0 Å². The first-order valence-corrected chi connectivity index (χ1v) is 12.3. The monoisotopic (exact) mass is 530 g/mol. The molecule has 3 heterocycles. The summed E-state index contributed by atoms with van der Waals surface area (Å²) in [6.07, 6.45) is 3.05. The normalized spacial score (nSPS) is 10.9. The standard InChI is InChI=1S/C25H19ClN8O2S/c1-14-7-18(12-29-11-14)34-24(35)32-22(30-17-4-6-20-21(9-17)37-23(28-2)31-20)33(25(34)36)13-16-8-15(10-27)3-5-19(16)26/h3-9,11-12H,13H2,1-2H3,(H,28,31)(H,30,32,35). The van der Waals surface area contributed by atoms with Crippen LogP contribution in [0.5, 0.6) is 0 Å². The summed E-state index contributed by atoms with van der Waals surface area (Å²) in [4.78, 5) is 39.6. The Hall–Kier alpha value is -4.53. The van der Waals surface area contributed by atoms with E-state index >= 15 is 0 Å². The second-order valence-corrected chi connectivity index (χ2v) is 9.57. The van der Waals surface area contributed by atoms with Gasteiger partial charge < -0.3 is 10.6 Å². The Kier molecular flexibility index (Phi) is 6.43. The minimum atomic E-state index is -0.760. The van der Waals surface area contributed by atoms with Crippen LogP contribution in [-0.2, 0) is 6.54 Å². The highest BCUT2D eigenvalue weighted by atomic mass is 35.5. The molecule has 184 valence electrons. The summed E-state index contributed by atoms with van der Waals surface area (Å²) in [5, 5.41) is 16.6. The number of nitrogens with one attached hydrogen (secondary N) is 2. The van der Waals surface area contributed by atoms with E-state index in [9.17, 15) is 14.9 Å². The zero-order valence-corrected chi connectivity index (χ0v) is 21.3. The Morgan fingerprint density at radius 3 is 2.70 bits per heavy atom. The predicted octanol–water partition coefficient (Wildman–Crippen LogP) is 4.07. The minimum Gasteiger partial charge on any atom is -0.365 e. The Labute approximate surface area is 219 Å². The lowest BCUT2D eigenvalue weighted by atomic mass is 10.1. The molecular formula is C25H19ClN8O2S. The van der Waals surface area contributed by atoms with Crippen LogP contribution in [0.15, 0.2) is 64.4 Å². The molecule has 0 bridgehead atoms. The van der Waals surface area contributed by atoms with Gasteiger partial charge >= 0.3 is 11.4 Å². The molecule has 0 aliphatic rings. The number of nitriles is 1. The average Bonchev–Trinajstić information content (AvgIpc) is 3.30. The lowest BCUT2D eigenvalue weighted by Gasteiger charge is -2.16. The van der Waals surface area contributed by atoms with Gasteiger partial charge in [0, 0.05) is 24.0 Å². The van der Waals surface area contributed by atoms with Crippen molar-refractivity contribution >= 4 is 49.9 Å². The van der Waals surface area contributed by atoms with Crippen LogP contribution in [0, 0.1) is 18.3 Å². The van der Waals surface area contributed by atoms with Crippen LogP contribution in [-0.4, -0.2) is 31.1 Å². The third-order valence-corrected chi connectivity index (χ3v) is 6.96. The molecule has 0 atom stereocenters. The number of fused-ring (bicyclic) bond motifs is 1. The molecule has 2 N–H and O–H groups in total. The summed E-state index contributed by atoms with van der Waals surface area (Å²) < 4.78 is 3.17. The molecule has 5 rings (SSSR count). The van der Waals surface area contributed by atoms with Crippen LogP contribution in [0.1, 0.15) is 16.7 Å². The smallest absolute Gasteiger partial charge is 0.359 e. The fourth-order valence-corrected chi connectivity index (χ4v) is 4.82. The Morgan fingerprint density at radius 1 is 1.11 bits per heavy atom. The summed E-state index contributed by atoms with van der Waals surface area (Å²) in [6, 6.07) is 14.0. The molecule has 0 radical (unpaired) electrons. The highest BCUT2D eigenvalue weighted by molar-refractivity contribution is 7.22. The van der Waals surface area contributed by atoms with E-state index in [1.807, 2.05) is 19.1 Å². The molecule has 12 heteroatoms. The Balaban J connectivity index is 1.67. The largest absolute Gasteiger partial charge is 0.365 e. The van der Waals surface area contributed by atoms with Crippen molar-refractivity contribution in [1.29, 1.82) is 5.26 Å². The molecule has 5 aromatic rings. The summed E-state index contributed by atoms with van der Waals surface area (Å²) in [5.74, 6) is 0.0306. The van der Waals surface area contributed by atoms with Crippen molar-refractivity contribution in [2.75, 3.05) is 17.7 Å². The van der Waals surface area contributed by atoms with Gasteiger partial charge in [-0.3, -0.25) is 9.55 Å². The number of aromatic nitrogens is 5. The van der Waals surface area contributed by atoms with Crippen molar-refractivity contribution in [3.05, 3.63) is 97.5 Å². The number of pyridine rings is 1. The number of hydrogen-bond donors (Lipinski definition) is 2. The number of nitrogens with zero attached hydrogens (tertiary/aromatic N) is 6. The molecule has 0 saturated heterocycles. The molecule has 0 unspecified atom stereocenters. The van der Waals surface area contributed by atoms with Gasteiger partial charge in [0.05, 0.1) is 40.3 Å². The van der Waals surface area contributed by atoms with Gasteiger partial charge in [-0.2, -0.15) is 10.2 Å². The van der Waals surface area contributed by atoms with Crippen molar-refractivity contribution in [3.8, 4) is 11.8 Å². The Morgan fingerprint density at radius 2 is 1.95 bits per heavy atom. The second-order valence-electron chi connectivity index (χ2n) is 8.14. The van der Waals surface area contributed by atoms with E-state index in [1.165, 1.54) is 22.1 Å². The number of aryl methyl sites for hydroxylation is 1. The van der Waals surface area contributed by atoms with Crippen molar-refractivity contribution < 1.29 is 0 Å². The molecule has 2 aromatic carbocycles. The van der Waals surface area contributed by atoms with Crippen molar-refractivity contribution in [3.63, 3.8) is 0 Å². The molecule has 0 saturated carbocycles. The summed E-state index contributed by atoms with van der Waals surface area (Å²) in [6.45, 7) is 1.78. The van der Waals surface area contributed by atoms with Gasteiger partial charge in [-0.15, -0.1) is 0 Å². The fourth-order valence-electron chi connectivity index (χ4n) is 3.79. The van der Waals surface area contributed by atoms with Gasteiger partial charge in [0.1, 0.15) is 0 Å². The number of halogens is 1. The molecule has 0 fully saturated rings. The van der Waals surface area contributed by atoms with E-state index in [0.717, 1.165) is 25.5 Å². The molecule has 0 amide bonds. The first-order valence-electron chi connectivity index (χ1n) is 11.1. The number of anilines is 3. The highest BCUT2D eigenvalue weighted by Gasteiger charge is 2.17. The van der Waals surface area contributed by atoms with Gasteiger partial charge in [-0.1, -0.05) is 22.9 Å². The van der Waals surface area contributed by atoms with E-state index in [-0.39, 0.29) is 12.5 Å². The zero-order chi connectivity index (χ0) is 26.1. The fraction of sp³-hybridized carbons (Fsp3) is 0.120. The third-order valence-electron chi connectivity index (χ3n) is 5.55. The molecule has 10 nitrogen and oxygen atoms in total. The third kappa shape index (κ3) is 4.80. The predicted molar refractivity (Wildman–Crippen MR) is 144 cm³/mol. The van der Waals surface area contributed by atoms with Crippen LogP contribution >= 0.6 is 22.9 Å². The van der Waals surface area contributed by atoms with Gasteiger partial charge in [-0.05, 0) is 60.5 Å². The molecule has 3 aromatic heterocycles. The molecule has 0 spiro atoms. The summed E-state index contributed by atoms with van der Waals surface area (Å²) in [7, 11) is 1.80. The number of hydrogen-bond acceptors (Lipinski definition) is 9. The van der Waals surface area contributed by atoms with Crippen molar-refractivity contribution in [2.45, 2.75) is 13.5 Å². The lowest BCUT2D eigenvalue weighted by Crippen LogP contribution is -2.41. The zero-order valence-electron chi connectivity index (χ0n) is 19.7. The van der Waals surface area contributed by atoms with Crippen molar-refractivity contribution in [1.82, 2.24) is 24.1 Å². The van der Waals surface area contributed by atoms with E-state index < -0.39 is 11.4 Å². The first kappa shape index (κ1) is 24.2. The minimum absolute atomic E-state index is 0.0306. The molecule has 0 aliphatic carbocycles.